The third kappa shape index (κ3) is 1.95. The fourth-order valence-electron chi connectivity index (χ4n) is 4.90. The van der Waals surface area contributed by atoms with Crippen molar-refractivity contribution in [3.8, 4) is 0 Å². The Morgan fingerprint density at radius 1 is 1.12 bits per heavy atom. The smallest absolute Gasteiger partial charge is 0.270 e. The maximum atomic E-state index is 12.7. The van der Waals surface area contributed by atoms with Crippen LogP contribution in [-0.4, -0.2) is 28.0 Å². The fourth-order valence-corrected chi connectivity index (χ4v) is 4.90. The summed E-state index contributed by atoms with van der Waals surface area (Å²) in [5.74, 6) is 0.385. The van der Waals surface area contributed by atoms with E-state index in [1.807, 2.05) is 0 Å². The van der Waals surface area contributed by atoms with Gasteiger partial charge in [-0.05, 0) is 30.1 Å². The molecule has 5 aliphatic rings. The first kappa shape index (κ1) is 14.5. The van der Waals surface area contributed by atoms with Crippen molar-refractivity contribution in [1.82, 2.24) is 5.01 Å². The summed E-state index contributed by atoms with van der Waals surface area (Å²) >= 11 is 0. The van der Waals surface area contributed by atoms with Crippen molar-refractivity contribution < 1.29 is 14.5 Å². The van der Waals surface area contributed by atoms with Crippen LogP contribution in [-0.2, 0) is 9.59 Å². The number of hydrogen-bond acceptors (Lipinski definition) is 5. The summed E-state index contributed by atoms with van der Waals surface area (Å²) in [5, 5.41) is 15.9. The first-order valence-corrected chi connectivity index (χ1v) is 8.41. The molecule has 7 heteroatoms. The highest BCUT2D eigenvalue weighted by Gasteiger charge is 2.67. The van der Waals surface area contributed by atoms with E-state index in [4.69, 9.17) is 0 Å². The average molecular weight is 337 g/mol. The average Bonchev–Trinajstić information content (AvgIpc) is 3.39. The van der Waals surface area contributed by atoms with Gasteiger partial charge in [0.05, 0.1) is 23.0 Å². The van der Waals surface area contributed by atoms with Crippen LogP contribution in [0, 0.1) is 45.6 Å². The Labute approximate surface area is 143 Å². The molecule has 1 aromatic carbocycles. The standard InChI is InChI=1S/C18H15N3O4/c22-17-15-11-4-5-12(14-7-13(11)14)16(15)18(23)20(17)19-8-9-2-1-3-10(6-9)21(24)25/h1-6,8,11-16H,7H2/t11-,12-,13-,14-,15-,16+/m0/s1. The van der Waals surface area contributed by atoms with Gasteiger partial charge in [-0.3, -0.25) is 19.7 Å². The van der Waals surface area contributed by atoms with Gasteiger partial charge in [0.25, 0.3) is 17.5 Å². The number of hydrogen-bond donors (Lipinski definition) is 0. The number of carbonyl (C=O) groups excluding carboxylic acids is 2. The largest absolute Gasteiger partial charge is 0.272 e. The lowest BCUT2D eigenvalue weighted by Crippen LogP contribution is -2.40. The Bertz CT molecular complexity index is 841. The van der Waals surface area contributed by atoms with E-state index in [2.05, 4.69) is 17.3 Å². The van der Waals surface area contributed by atoms with Gasteiger partial charge in [-0.1, -0.05) is 24.3 Å². The number of carbonyl (C=O) groups is 2. The van der Waals surface area contributed by atoms with Crippen LogP contribution in [0.5, 0.6) is 0 Å². The molecule has 1 saturated heterocycles. The van der Waals surface area contributed by atoms with Crippen LogP contribution in [0.2, 0.25) is 0 Å². The number of rotatable bonds is 3. The summed E-state index contributed by atoms with van der Waals surface area (Å²) in [6.07, 6.45) is 6.68. The number of allylic oxidation sites excluding steroid dienone is 2. The van der Waals surface area contributed by atoms with E-state index < -0.39 is 4.92 Å². The van der Waals surface area contributed by atoms with E-state index in [1.165, 1.54) is 18.3 Å². The number of hydrazone groups is 1. The molecule has 0 unspecified atom stereocenters. The lowest BCUT2D eigenvalue weighted by molar-refractivity contribution is -0.384. The lowest BCUT2D eigenvalue weighted by atomic mass is 9.63. The van der Waals surface area contributed by atoms with Crippen LogP contribution < -0.4 is 0 Å². The second kappa shape index (κ2) is 4.84. The third-order valence-electron chi connectivity index (χ3n) is 6.04. The first-order valence-electron chi connectivity index (χ1n) is 8.41. The maximum absolute atomic E-state index is 12.7. The zero-order valence-electron chi connectivity index (χ0n) is 13.2. The molecular weight excluding hydrogens is 322 g/mol. The van der Waals surface area contributed by atoms with Crippen molar-refractivity contribution in [1.29, 1.82) is 0 Å². The zero-order chi connectivity index (χ0) is 17.3. The third-order valence-corrected chi connectivity index (χ3v) is 6.04. The van der Waals surface area contributed by atoms with E-state index in [0.29, 0.717) is 17.4 Å². The predicted molar refractivity (Wildman–Crippen MR) is 87.2 cm³/mol. The van der Waals surface area contributed by atoms with Crippen molar-refractivity contribution in [3.05, 3.63) is 52.1 Å². The van der Waals surface area contributed by atoms with E-state index in [9.17, 15) is 19.7 Å². The van der Waals surface area contributed by atoms with Crippen LogP contribution in [0.4, 0.5) is 5.69 Å². The van der Waals surface area contributed by atoms with E-state index in [0.717, 1.165) is 11.4 Å². The number of nitro groups is 1. The number of nitrogens with zero attached hydrogens (tertiary/aromatic N) is 3. The summed E-state index contributed by atoms with van der Waals surface area (Å²) in [4.78, 5) is 35.8. The minimum atomic E-state index is -0.492. The highest BCUT2D eigenvalue weighted by atomic mass is 16.6. The van der Waals surface area contributed by atoms with Crippen LogP contribution in [0.1, 0.15) is 12.0 Å². The number of nitro benzene ring substituents is 1. The Kier molecular flexibility index (Phi) is 2.81. The molecule has 126 valence electrons. The molecule has 0 spiro atoms. The molecule has 6 atom stereocenters. The highest BCUT2D eigenvalue weighted by molar-refractivity contribution is 6.06. The molecule has 0 N–H and O–H groups in total. The molecule has 2 amide bonds. The highest BCUT2D eigenvalue weighted by Crippen LogP contribution is 2.65. The van der Waals surface area contributed by atoms with E-state index in [-0.39, 0.29) is 41.2 Å². The lowest BCUT2D eigenvalue weighted by Gasteiger charge is -2.37. The molecule has 1 aliphatic heterocycles. The Hall–Kier alpha value is -2.83. The Balaban J connectivity index is 1.43. The van der Waals surface area contributed by atoms with Crippen molar-refractivity contribution in [2.75, 3.05) is 0 Å². The van der Waals surface area contributed by atoms with Crippen molar-refractivity contribution >= 4 is 23.7 Å². The van der Waals surface area contributed by atoms with Gasteiger partial charge in [0.2, 0.25) is 0 Å². The molecule has 2 saturated carbocycles. The molecule has 2 bridgehead atoms. The molecule has 0 radical (unpaired) electrons. The molecule has 4 aliphatic carbocycles. The van der Waals surface area contributed by atoms with Crippen molar-refractivity contribution in [2.45, 2.75) is 6.42 Å². The van der Waals surface area contributed by atoms with E-state index >= 15 is 0 Å². The van der Waals surface area contributed by atoms with Gasteiger partial charge in [0.15, 0.2) is 0 Å². The number of benzene rings is 1. The summed E-state index contributed by atoms with van der Waals surface area (Å²) < 4.78 is 0. The minimum absolute atomic E-state index is 0.0565. The molecule has 0 aromatic heterocycles. The monoisotopic (exact) mass is 337 g/mol. The molecule has 25 heavy (non-hydrogen) atoms. The molecule has 3 fully saturated rings. The molecule has 1 heterocycles. The van der Waals surface area contributed by atoms with Crippen molar-refractivity contribution in [3.63, 3.8) is 0 Å². The number of non-ortho nitro benzene ring substituents is 1. The van der Waals surface area contributed by atoms with Crippen molar-refractivity contribution in [2.24, 2.45) is 40.6 Å². The normalized spacial score (nSPS) is 37.5. The quantitative estimate of drug-likeness (QED) is 0.277. The number of imide groups is 1. The van der Waals surface area contributed by atoms with Gasteiger partial charge in [-0.25, -0.2) is 0 Å². The maximum Gasteiger partial charge on any atom is 0.270 e. The summed E-state index contributed by atoms with van der Waals surface area (Å²) in [6, 6.07) is 5.94. The first-order chi connectivity index (χ1) is 12.1. The fraction of sp³-hybridized carbons (Fsp3) is 0.389. The van der Waals surface area contributed by atoms with Gasteiger partial charge in [-0.2, -0.15) is 10.1 Å². The predicted octanol–water partition coefficient (Wildman–Crippen LogP) is 1.98. The number of amides is 2. The van der Waals surface area contributed by atoms with Gasteiger partial charge in [0, 0.05) is 17.7 Å². The summed E-state index contributed by atoms with van der Waals surface area (Å²) in [5.41, 5.74) is 0.424. The SMILES string of the molecule is O=C1[C@@H]2[C@H]3C=C[C@@H]([C@@H]4C[C@@H]34)[C@@H]2C(=O)N1N=Cc1cccc([N+](=O)[O-])c1. The molecule has 1 aromatic rings. The van der Waals surface area contributed by atoms with Crippen LogP contribution in [0.3, 0.4) is 0 Å². The summed E-state index contributed by atoms with van der Waals surface area (Å²) in [7, 11) is 0. The summed E-state index contributed by atoms with van der Waals surface area (Å²) in [6.45, 7) is 0. The van der Waals surface area contributed by atoms with Gasteiger partial charge in [-0.15, -0.1) is 0 Å². The van der Waals surface area contributed by atoms with Crippen LogP contribution in [0.15, 0.2) is 41.5 Å². The Morgan fingerprint density at radius 3 is 2.36 bits per heavy atom. The molecule has 6 rings (SSSR count). The van der Waals surface area contributed by atoms with Gasteiger partial charge in [0.1, 0.15) is 0 Å². The topological polar surface area (TPSA) is 92.9 Å². The Morgan fingerprint density at radius 2 is 1.76 bits per heavy atom. The van der Waals surface area contributed by atoms with Crippen LogP contribution in [0.25, 0.3) is 0 Å². The second-order valence-corrected chi connectivity index (χ2v) is 7.24. The van der Waals surface area contributed by atoms with E-state index in [1.54, 1.807) is 12.1 Å². The van der Waals surface area contributed by atoms with Gasteiger partial charge < -0.3 is 0 Å². The zero-order valence-corrected chi connectivity index (χ0v) is 13.2. The van der Waals surface area contributed by atoms with Gasteiger partial charge >= 0.3 is 0 Å². The second-order valence-electron chi connectivity index (χ2n) is 7.24. The molecule has 7 nitrogen and oxygen atoms in total. The minimum Gasteiger partial charge on any atom is -0.272 e. The molecular formula is C18H15N3O4. The van der Waals surface area contributed by atoms with Crippen LogP contribution >= 0.6 is 0 Å².